The quantitative estimate of drug-likeness (QED) is 0.644. The van der Waals surface area contributed by atoms with Crippen LogP contribution in [-0.4, -0.2) is 40.7 Å². The maximum atomic E-state index is 12.5. The fourth-order valence-corrected chi connectivity index (χ4v) is 4.46. The second-order valence-electron chi connectivity index (χ2n) is 9.78. The zero-order valence-electron chi connectivity index (χ0n) is 19.8. The van der Waals surface area contributed by atoms with E-state index in [4.69, 9.17) is 4.74 Å². The van der Waals surface area contributed by atoms with E-state index in [2.05, 4.69) is 34.4 Å². The number of benzene rings is 1. The van der Waals surface area contributed by atoms with Crippen molar-refractivity contribution in [3.05, 3.63) is 47.7 Å². The lowest BCUT2D eigenvalue weighted by atomic mass is 9.93. The van der Waals surface area contributed by atoms with Crippen molar-refractivity contribution in [1.82, 2.24) is 15.3 Å². The topological polar surface area (TPSA) is 96.5 Å². The van der Waals surface area contributed by atoms with Crippen LogP contribution in [0.1, 0.15) is 69.3 Å². The van der Waals surface area contributed by atoms with Gasteiger partial charge in [-0.1, -0.05) is 38.8 Å². The van der Waals surface area contributed by atoms with Crippen LogP contribution in [0.5, 0.6) is 0 Å². The van der Waals surface area contributed by atoms with Crippen LogP contribution in [0.4, 0.5) is 16.6 Å². The number of anilines is 2. The number of nitrogens with one attached hydrogen (secondary N) is 2. The van der Waals surface area contributed by atoms with Crippen molar-refractivity contribution in [2.45, 2.75) is 71.0 Å². The Morgan fingerprint density at radius 3 is 2.52 bits per heavy atom. The zero-order chi connectivity index (χ0) is 23.6. The molecule has 2 amide bonds. The summed E-state index contributed by atoms with van der Waals surface area (Å²) < 4.78 is 5.25. The lowest BCUT2D eigenvalue weighted by molar-refractivity contribution is 0.0937. The minimum Gasteiger partial charge on any atom is -0.447 e. The van der Waals surface area contributed by atoms with Crippen molar-refractivity contribution >= 4 is 23.8 Å². The first-order valence-corrected chi connectivity index (χ1v) is 11.7. The third-order valence-electron chi connectivity index (χ3n) is 6.55. The van der Waals surface area contributed by atoms with E-state index in [0.29, 0.717) is 30.0 Å². The highest BCUT2D eigenvalue weighted by Crippen LogP contribution is 2.28. The number of cyclic esters (lactones) is 1. The summed E-state index contributed by atoms with van der Waals surface area (Å²) in [5.74, 6) is 1.15. The number of amides is 2. The van der Waals surface area contributed by atoms with Gasteiger partial charge in [-0.15, -0.1) is 0 Å². The second-order valence-corrected chi connectivity index (χ2v) is 9.78. The number of hydrogen-bond donors (Lipinski definition) is 2. The van der Waals surface area contributed by atoms with Crippen LogP contribution in [0.15, 0.2) is 36.5 Å². The molecule has 2 aromatic rings. The Kier molecular flexibility index (Phi) is 6.54. The number of ether oxygens (including phenoxy) is 1. The van der Waals surface area contributed by atoms with Gasteiger partial charge in [0.05, 0.1) is 11.6 Å². The van der Waals surface area contributed by atoms with E-state index in [9.17, 15) is 9.59 Å². The molecule has 8 heteroatoms. The Morgan fingerprint density at radius 2 is 1.85 bits per heavy atom. The van der Waals surface area contributed by atoms with E-state index in [1.165, 1.54) is 12.8 Å². The number of nitrogens with zero attached hydrogens (tertiary/aromatic N) is 3. The van der Waals surface area contributed by atoms with Gasteiger partial charge >= 0.3 is 6.09 Å². The fraction of sp³-hybridized carbons (Fsp3) is 0.520. The van der Waals surface area contributed by atoms with E-state index in [-0.39, 0.29) is 24.0 Å². The highest BCUT2D eigenvalue weighted by atomic mass is 16.6. The number of aromatic nitrogens is 2. The molecule has 2 heterocycles. The first-order valence-electron chi connectivity index (χ1n) is 11.7. The molecule has 2 fully saturated rings. The summed E-state index contributed by atoms with van der Waals surface area (Å²) in [6, 6.07) is 9.57. The van der Waals surface area contributed by atoms with Crippen LogP contribution in [0, 0.1) is 5.92 Å². The normalized spacial score (nSPS) is 19.1. The summed E-state index contributed by atoms with van der Waals surface area (Å²) in [6.45, 7) is 8.52. The van der Waals surface area contributed by atoms with Gasteiger partial charge in [0, 0.05) is 17.8 Å². The molecule has 1 aromatic carbocycles. The molecular formula is C25H33N5O3. The van der Waals surface area contributed by atoms with Crippen molar-refractivity contribution in [1.29, 1.82) is 0 Å². The Hall–Kier alpha value is -3.16. The average molecular weight is 452 g/mol. The molecule has 0 spiro atoms. The highest BCUT2D eigenvalue weighted by Gasteiger charge is 2.37. The van der Waals surface area contributed by atoms with Crippen LogP contribution < -0.4 is 15.5 Å². The Bertz CT molecular complexity index is 999. The van der Waals surface area contributed by atoms with Crippen LogP contribution in [0.2, 0.25) is 0 Å². The van der Waals surface area contributed by atoms with E-state index in [1.807, 2.05) is 38.1 Å². The molecule has 0 unspecified atom stereocenters. The largest absolute Gasteiger partial charge is 0.447 e. The predicted molar refractivity (Wildman–Crippen MR) is 127 cm³/mol. The van der Waals surface area contributed by atoms with Crippen molar-refractivity contribution < 1.29 is 14.3 Å². The number of rotatable bonds is 7. The predicted octanol–water partition coefficient (Wildman–Crippen LogP) is 4.48. The third-order valence-corrected chi connectivity index (χ3v) is 6.55. The van der Waals surface area contributed by atoms with Crippen LogP contribution in [0.3, 0.4) is 0 Å². The molecule has 1 atom stereocenters. The highest BCUT2D eigenvalue weighted by molar-refractivity contribution is 5.94. The van der Waals surface area contributed by atoms with Crippen molar-refractivity contribution in [3.8, 4) is 0 Å². The summed E-state index contributed by atoms with van der Waals surface area (Å²) in [5, 5.41) is 6.49. The summed E-state index contributed by atoms with van der Waals surface area (Å²) in [5.41, 5.74) is 1.16. The average Bonchev–Trinajstić information content (AvgIpc) is 3.43. The van der Waals surface area contributed by atoms with E-state index in [1.54, 1.807) is 17.2 Å². The van der Waals surface area contributed by atoms with E-state index < -0.39 is 5.54 Å². The molecule has 2 N–H and O–H groups in total. The number of carbonyl (C=O) groups excluding carboxylic acids is 2. The van der Waals surface area contributed by atoms with Gasteiger partial charge in [0.15, 0.2) is 0 Å². The minimum absolute atomic E-state index is 0.0209. The summed E-state index contributed by atoms with van der Waals surface area (Å²) in [4.78, 5) is 35.4. The molecule has 1 aliphatic heterocycles. The number of hydrogen-bond acceptors (Lipinski definition) is 6. The van der Waals surface area contributed by atoms with Gasteiger partial charge < -0.3 is 15.4 Å². The first-order chi connectivity index (χ1) is 15.7. The third kappa shape index (κ3) is 5.10. The van der Waals surface area contributed by atoms with E-state index in [0.717, 1.165) is 18.4 Å². The van der Waals surface area contributed by atoms with Gasteiger partial charge in [-0.2, -0.15) is 4.98 Å². The van der Waals surface area contributed by atoms with Gasteiger partial charge in [-0.05, 0) is 56.4 Å². The van der Waals surface area contributed by atoms with E-state index >= 15 is 0 Å². The van der Waals surface area contributed by atoms with Gasteiger partial charge in [0.25, 0.3) is 5.91 Å². The molecule has 1 saturated heterocycles. The lowest BCUT2D eigenvalue weighted by Crippen LogP contribution is -2.38. The maximum absolute atomic E-state index is 12.5. The van der Waals surface area contributed by atoms with Gasteiger partial charge in [0.2, 0.25) is 5.95 Å². The molecule has 2 aliphatic rings. The first kappa shape index (κ1) is 23.0. The Morgan fingerprint density at radius 1 is 1.15 bits per heavy atom. The molecule has 33 heavy (non-hydrogen) atoms. The molecule has 1 aromatic heterocycles. The summed E-state index contributed by atoms with van der Waals surface area (Å²) in [7, 11) is 0. The monoisotopic (exact) mass is 451 g/mol. The lowest BCUT2D eigenvalue weighted by Gasteiger charge is -2.28. The molecule has 0 bridgehead atoms. The van der Waals surface area contributed by atoms with Gasteiger partial charge in [-0.25, -0.2) is 9.78 Å². The van der Waals surface area contributed by atoms with Gasteiger partial charge in [-0.3, -0.25) is 9.69 Å². The van der Waals surface area contributed by atoms with Crippen molar-refractivity contribution in [2.75, 3.05) is 16.8 Å². The van der Waals surface area contributed by atoms with Crippen molar-refractivity contribution in [2.24, 2.45) is 5.92 Å². The molecular weight excluding hydrogens is 418 g/mol. The summed E-state index contributed by atoms with van der Waals surface area (Å²) >= 11 is 0. The maximum Gasteiger partial charge on any atom is 0.415 e. The molecule has 1 aliphatic carbocycles. The Labute approximate surface area is 195 Å². The Balaban J connectivity index is 1.46. The minimum atomic E-state index is -0.498. The smallest absolute Gasteiger partial charge is 0.415 e. The van der Waals surface area contributed by atoms with Gasteiger partial charge in [0.1, 0.15) is 12.4 Å². The van der Waals surface area contributed by atoms with Crippen LogP contribution >= 0.6 is 0 Å². The van der Waals surface area contributed by atoms with Crippen LogP contribution in [-0.2, 0) is 10.3 Å². The summed E-state index contributed by atoms with van der Waals surface area (Å²) in [6.07, 6.45) is 5.75. The molecule has 8 nitrogen and oxygen atoms in total. The SMILES string of the molecule is CC(C)[C@H]1COC(=O)N1c1ccnc(NC(C)(C)c2ccc(C(=O)NC3CCCC3)cc2)n1. The number of carbonyl (C=O) groups is 2. The molecule has 176 valence electrons. The fourth-order valence-electron chi connectivity index (χ4n) is 4.46. The molecule has 1 saturated carbocycles. The zero-order valence-corrected chi connectivity index (χ0v) is 19.8. The molecule has 4 rings (SSSR count). The second kappa shape index (κ2) is 9.37. The van der Waals surface area contributed by atoms with Crippen molar-refractivity contribution in [3.63, 3.8) is 0 Å². The molecule has 0 radical (unpaired) electrons. The standard InChI is InChI=1S/C25H33N5O3/c1-16(2)20-15-33-24(32)30(20)21-13-14-26-23(28-21)29-25(3,4)18-11-9-17(10-12-18)22(31)27-19-7-5-6-8-19/h9-14,16,19-20H,5-8,15H2,1-4H3,(H,27,31)(H,26,28,29)/t20-/m1/s1. The van der Waals surface area contributed by atoms with Crippen LogP contribution in [0.25, 0.3) is 0 Å².